The van der Waals surface area contributed by atoms with E-state index in [-0.39, 0.29) is 18.9 Å². The highest BCUT2D eigenvalue weighted by Gasteiger charge is 2.51. The maximum absolute atomic E-state index is 13.4. The molecule has 1 amide bonds. The zero-order valence-corrected chi connectivity index (χ0v) is 58.5. The number of carbonyl (C=O) groups is 1. The predicted molar refractivity (Wildman–Crippen MR) is 382 cm³/mol. The monoisotopic (exact) mass is 1310 g/mol. The molecule has 2 aliphatic heterocycles. The molecule has 0 aliphatic carbocycles. The van der Waals surface area contributed by atoms with Gasteiger partial charge in [-0.05, 0) is 77.0 Å². The molecule has 0 aromatic carbocycles. The molecule has 12 atom stereocenters. The summed E-state index contributed by atoms with van der Waals surface area (Å²) in [6.45, 7) is 2.74. The van der Waals surface area contributed by atoms with Crippen molar-refractivity contribution in [3.63, 3.8) is 0 Å². The van der Waals surface area contributed by atoms with Crippen LogP contribution in [0.25, 0.3) is 0 Å². The van der Waals surface area contributed by atoms with Gasteiger partial charge in [-0.2, -0.15) is 0 Å². The summed E-state index contributed by atoms with van der Waals surface area (Å²) >= 11 is 0. The SMILES string of the molecule is CC/C=C\C/C=C\C/C=C\C/C=C\C/C=C\C/C=C\C/C=C\C/C=C\C/C=C\CCCC(=O)NC(COC1OC(CO)C(OC2OC(CO)C(O)C(O)C2O)C(O)C1O)C(O)CCCCCCCCCCCCCCCCCCCCCCCCCCCCCCCC. The van der Waals surface area contributed by atoms with Crippen molar-refractivity contribution in [1.29, 1.82) is 0 Å². The number of unbranched alkanes of at least 4 members (excludes halogenated alkanes) is 30. The minimum atomic E-state index is -1.79. The van der Waals surface area contributed by atoms with Crippen LogP contribution in [0.2, 0.25) is 0 Å². The smallest absolute Gasteiger partial charge is 0.220 e. The van der Waals surface area contributed by atoms with Gasteiger partial charge in [-0.1, -0.05) is 316 Å². The van der Waals surface area contributed by atoms with E-state index in [0.29, 0.717) is 19.3 Å². The Hall–Kier alpha value is -3.35. The molecule has 2 heterocycles. The van der Waals surface area contributed by atoms with Crippen LogP contribution >= 0.6 is 0 Å². The molecule has 2 saturated heterocycles. The molecule has 0 saturated carbocycles. The lowest BCUT2D eigenvalue weighted by Crippen LogP contribution is -2.65. The Bertz CT molecular complexity index is 1980. The van der Waals surface area contributed by atoms with Crippen molar-refractivity contribution >= 4 is 5.91 Å². The Morgan fingerprint density at radius 2 is 0.731 bits per heavy atom. The van der Waals surface area contributed by atoms with Crippen LogP contribution in [0.15, 0.2) is 109 Å². The maximum atomic E-state index is 13.4. The van der Waals surface area contributed by atoms with Crippen LogP contribution in [0.3, 0.4) is 0 Å². The van der Waals surface area contributed by atoms with Crippen LogP contribution in [-0.4, -0.2) is 140 Å². The lowest BCUT2D eigenvalue weighted by Gasteiger charge is -2.46. The fraction of sp³-hybridized carbons (Fsp3) is 0.759. The second-order valence-electron chi connectivity index (χ2n) is 26.0. The summed E-state index contributed by atoms with van der Waals surface area (Å²) in [5.41, 5.74) is 0. The first kappa shape index (κ1) is 85.7. The molecule has 14 heteroatoms. The summed E-state index contributed by atoms with van der Waals surface area (Å²) in [6.07, 6.45) is 72.6. The molecule has 0 spiro atoms. The molecule has 2 rings (SSSR count). The second kappa shape index (κ2) is 62.2. The number of allylic oxidation sites excluding steroid dienone is 18. The normalized spacial score (nSPS) is 23.2. The number of carbonyl (C=O) groups excluding carboxylic acids is 1. The lowest BCUT2D eigenvalue weighted by molar-refractivity contribution is -0.359. The third kappa shape index (κ3) is 45.7. The zero-order chi connectivity index (χ0) is 67.3. The van der Waals surface area contributed by atoms with Crippen molar-refractivity contribution in [3.05, 3.63) is 109 Å². The van der Waals surface area contributed by atoms with E-state index in [4.69, 9.17) is 18.9 Å². The van der Waals surface area contributed by atoms with E-state index in [2.05, 4.69) is 129 Å². The van der Waals surface area contributed by atoms with Crippen molar-refractivity contribution < 1.29 is 64.6 Å². The Morgan fingerprint density at radius 1 is 0.398 bits per heavy atom. The molecule has 0 radical (unpaired) electrons. The molecule has 2 aliphatic rings. The molecule has 12 unspecified atom stereocenters. The minimum absolute atomic E-state index is 0.218. The molecule has 0 aromatic rings. The van der Waals surface area contributed by atoms with E-state index >= 15 is 0 Å². The van der Waals surface area contributed by atoms with E-state index < -0.39 is 86.8 Å². The molecule has 536 valence electrons. The van der Waals surface area contributed by atoms with Gasteiger partial charge in [0.25, 0.3) is 0 Å². The Morgan fingerprint density at radius 3 is 1.10 bits per heavy atom. The van der Waals surface area contributed by atoms with E-state index in [9.17, 15) is 45.6 Å². The number of hydrogen-bond acceptors (Lipinski definition) is 13. The average molecular weight is 1310 g/mol. The van der Waals surface area contributed by atoms with E-state index in [1.165, 1.54) is 167 Å². The Kier molecular flexibility index (Phi) is 57.3. The van der Waals surface area contributed by atoms with Gasteiger partial charge in [-0.15, -0.1) is 0 Å². The molecular formula is C79H137NO13. The van der Waals surface area contributed by atoms with Gasteiger partial charge >= 0.3 is 0 Å². The molecule has 14 nitrogen and oxygen atoms in total. The molecular weight excluding hydrogens is 1170 g/mol. The van der Waals surface area contributed by atoms with Crippen LogP contribution in [-0.2, 0) is 23.7 Å². The quantitative estimate of drug-likeness (QED) is 0.0204. The summed E-state index contributed by atoms with van der Waals surface area (Å²) in [5, 5.41) is 87.7. The first-order valence-corrected chi connectivity index (χ1v) is 37.6. The summed E-state index contributed by atoms with van der Waals surface area (Å²) in [4.78, 5) is 13.4. The van der Waals surface area contributed by atoms with Gasteiger partial charge in [0.05, 0.1) is 32.0 Å². The number of aliphatic hydroxyl groups is 8. The number of rotatable bonds is 61. The number of aliphatic hydroxyl groups excluding tert-OH is 8. The summed E-state index contributed by atoms with van der Waals surface area (Å²) in [7, 11) is 0. The molecule has 93 heavy (non-hydrogen) atoms. The van der Waals surface area contributed by atoms with Crippen LogP contribution in [0, 0.1) is 0 Å². The third-order valence-corrected chi connectivity index (χ3v) is 17.8. The van der Waals surface area contributed by atoms with Gasteiger partial charge in [0, 0.05) is 6.42 Å². The van der Waals surface area contributed by atoms with Crippen molar-refractivity contribution in [2.75, 3.05) is 19.8 Å². The number of hydrogen-bond donors (Lipinski definition) is 9. The number of nitrogens with one attached hydrogen (secondary N) is 1. The second-order valence-corrected chi connectivity index (χ2v) is 26.0. The minimum Gasteiger partial charge on any atom is -0.394 e. The first-order valence-electron chi connectivity index (χ1n) is 37.6. The average Bonchev–Trinajstić information content (AvgIpc) is 0.854. The number of amides is 1. The topological polar surface area (TPSA) is 228 Å². The van der Waals surface area contributed by atoms with Crippen LogP contribution in [0.4, 0.5) is 0 Å². The largest absolute Gasteiger partial charge is 0.394 e. The van der Waals surface area contributed by atoms with E-state index in [1.54, 1.807) is 0 Å². The fourth-order valence-corrected chi connectivity index (χ4v) is 11.8. The van der Waals surface area contributed by atoms with Crippen molar-refractivity contribution in [2.24, 2.45) is 0 Å². The van der Waals surface area contributed by atoms with Gasteiger partial charge in [0.1, 0.15) is 48.8 Å². The van der Waals surface area contributed by atoms with Gasteiger partial charge < -0.3 is 65.1 Å². The Labute approximate surface area is 566 Å². The molecule has 2 fully saturated rings. The highest BCUT2D eigenvalue weighted by molar-refractivity contribution is 5.76. The first-order chi connectivity index (χ1) is 45.6. The van der Waals surface area contributed by atoms with Crippen molar-refractivity contribution in [3.8, 4) is 0 Å². The molecule has 0 bridgehead atoms. The maximum Gasteiger partial charge on any atom is 0.220 e. The van der Waals surface area contributed by atoms with Gasteiger partial charge in [-0.3, -0.25) is 4.79 Å². The highest BCUT2D eigenvalue weighted by atomic mass is 16.7. The molecule has 0 aromatic heterocycles. The van der Waals surface area contributed by atoms with E-state index in [1.807, 2.05) is 0 Å². The predicted octanol–water partition coefficient (Wildman–Crippen LogP) is 16.3. The van der Waals surface area contributed by atoms with Crippen LogP contribution in [0.1, 0.15) is 290 Å². The lowest BCUT2D eigenvalue weighted by atomic mass is 9.97. The fourth-order valence-electron chi connectivity index (χ4n) is 11.8. The van der Waals surface area contributed by atoms with Crippen molar-refractivity contribution in [2.45, 2.75) is 364 Å². The van der Waals surface area contributed by atoms with E-state index in [0.717, 1.165) is 83.5 Å². The standard InChI is InChI=1S/C79H137NO13/c1-3-5-7-9-11-13-15-17-19-21-23-25-27-29-31-33-35-36-38-40-42-44-46-48-50-52-54-56-58-60-62-68(83)67(66-90-78-76(89)74(87)77(70(65-82)92-78)93-79-75(88)73(86)72(85)69(64-81)91-79)80-71(84)63-61-59-57-55-53-51-49-47-45-43-41-39-37-34-32-30-28-26-24-22-20-18-16-14-12-10-8-6-4-2/h6,8,12,14,18,20,24,26,30,32,37,39,43,45,49,51,55,57,67-70,72-79,81-83,85-89H,3-5,7,9-11,13,15-17,19,21-23,25,27-29,31,33-36,38,40-42,44,46-48,50,52-54,56,58-66H2,1-2H3,(H,80,84)/b8-6-,14-12-,20-18-,26-24-,32-30-,39-37-,45-43-,51-49-,57-55-. The highest BCUT2D eigenvalue weighted by Crippen LogP contribution is 2.30. The van der Waals surface area contributed by atoms with Crippen LogP contribution in [0.5, 0.6) is 0 Å². The summed E-state index contributed by atoms with van der Waals surface area (Å²) in [5.74, 6) is -0.265. The van der Waals surface area contributed by atoms with Gasteiger partial charge in [0.15, 0.2) is 12.6 Å². The van der Waals surface area contributed by atoms with Crippen molar-refractivity contribution in [1.82, 2.24) is 5.32 Å². The number of ether oxygens (including phenoxy) is 4. The summed E-state index contributed by atoms with van der Waals surface area (Å²) < 4.78 is 22.9. The Balaban J connectivity index is 1.68. The van der Waals surface area contributed by atoms with Gasteiger partial charge in [-0.25, -0.2) is 0 Å². The molecule has 9 N–H and O–H groups in total. The zero-order valence-electron chi connectivity index (χ0n) is 58.5. The van der Waals surface area contributed by atoms with Gasteiger partial charge in [0.2, 0.25) is 5.91 Å². The summed E-state index contributed by atoms with van der Waals surface area (Å²) in [6, 6.07) is -0.870. The van der Waals surface area contributed by atoms with Crippen LogP contribution < -0.4 is 5.32 Å². The third-order valence-electron chi connectivity index (χ3n) is 17.8.